The fourth-order valence-corrected chi connectivity index (χ4v) is 3.20. The van der Waals surface area contributed by atoms with Crippen molar-refractivity contribution in [2.45, 2.75) is 6.04 Å². The summed E-state index contributed by atoms with van der Waals surface area (Å²) in [6.45, 7) is 3.37. The first-order valence-electron chi connectivity index (χ1n) is 8.89. The third-order valence-corrected chi connectivity index (χ3v) is 4.74. The number of ether oxygens (including phenoxy) is 2. The van der Waals surface area contributed by atoms with Gasteiger partial charge in [0.1, 0.15) is 6.04 Å². The Bertz CT molecular complexity index is 824. The van der Waals surface area contributed by atoms with Crippen LogP contribution in [0, 0.1) is 11.3 Å². The van der Waals surface area contributed by atoms with Gasteiger partial charge in [-0.15, -0.1) is 0 Å². The van der Waals surface area contributed by atoms with E-state index in [9.17, 15) is 4.79 Å². The number of nitriles is 1. The van der Waals surface area contributed by atoms with Crippen LogP contribution in [0.15, 0.2) is 48.5 Å². The highest BCUT2D eigenvalue weighted by atomic mass is 16.6. The molecule has 1 saturated heterocycles. The highest BCUT2D eigenvalue weighted by Gasteiger charge is 2.31. The summed E-state index contributed by atoms with van der Waals surface area (Å²) in [6, 6.07) is 16.0. The topological polar surface area (TPSA) is 65.8 Å². The Morgan fingerprint density at radius 2 is 1.78 bits per heavy atom. The number of piperazine rings is 1. The fourth-order valence-electron chi connectivity index (χ4n) is 3.20. The monoisotopic (exact) mass is 365 g/mol. The normalized spacial score (nSPS) is 16.3. The van der Waals surface area contributed by atoms with Crippen LogP contribution in [0.3, 0.4) is 0 Å². The summed E-state index contributed by atoms with van der Waals surface area (Å²) in [5.41, 5.74) is 1.35. The average Bonchev–Trinajstić information content (AvgIpc) is 2.71. The summed E-state index contributed by atoms with van der Waals surface area (Å²) < 4.78 is 11.0. The zero-order valence-electron chi connectivity index (χ0n) is 15.6. The molecule has 0 N–H and O–H groups in total. The van der Waals surface area contributed by atoms with E-state index in [2.05, 4.69) is 22.9 Å². The van der Waals surface area contributed by atoms with Gasteiger partial charge in [0.05, 0.1) is 18.7 Å². The van der Waals surface area contributed by atoms with E-state index in [4.69, 9.17) is 14.7 Å². The van der Waals surface area contributed by atoms with Crippen molar-refractivity contribution in [3.63, 3.8) is 0 Å². The maximum Gasteiger partial charge on any atom is 0.333 e. The molecule has 0 radical (unpaired) electrons. The Kier molecular flexibility index (Phi) is 6.07. The van der Waals surface area contributed by atoms with E-state index in [-0.39, 0.29) is 5.97 Å². The third-order valence-electron chi connectivity index (χ3n) is 4.74. The molecule has 1 atom stereocenters. The summed E-state index contributed by atoms with van der Waals surface area (Å²) in [6.07, 6.45) is 0. The zero-order valence-corrected chi connectivity index (χ0v) is 15.6. The number of carbonyl (C=O) groups is 1. The molecule has 6 heteroatoms. The predicted octanol–water partition coefficient (Wildman–Crippen LogP) is 2.46. The molecule has 6 nitrogen and oxygen atoms in total. The molecular formula is C21H23N3O3. The van der Waals surface area contributed by atoms with Crippen LogP contribution in [0.2, 0.25) is 0 Å². The summed E-state index contributed by atoms with van der Waals surface area (Å²) in [7, 11) is 3.57. The molecule has 3 rings (SSSR count). The van der Waals surface area contributed by atoms with Crippen LogP contribution < -0.4 is 9.47 Å². The molecule has 1 heterocycles. The van der Waals surface area contributed by atoms with E-state index >= 15 is 0 Å². The molecule has 1 unspecified atom stereocenters. The van der Waals surface area contributed by atoms with Gasteiger partial charge in [-0.2, -0.15) is 5.26 Å². The molecule has 0 aromatic heterocycles. The molecule has 1 aliphatic rings. The number of methoxy groups -OCH3 is 1. The van der Waals surface area contributed by atoms with Crippen molar-refractivity contribution in [3.05, 3.63) is 59.7 Å². The van der Waals surface area contributed by atoms with Crippen LogP contribution in [0.4, 0.5) is 0 Å². The predicted molar refractivity (Wildman–Crippen MR) is 102 cm³/mol. The van der Waals surface area contributed by atoms with Crippen LogP contribution >= 0.6 is 0 Å². The van der Waals surface area contributed by atoms with Crippen LogP contribution in [-0.2, 0) is 4.79 Å². The summed E-state index contributed by atoms with van der Waals surface area (Å²) >= 11 is 0. The van der Waals surface area contributed by atoms with Crippen LogP contribution in [0.5, 0.6) is 11.5 Å². The molecule has 2 aromatic rings. The molecule has 27 heavy (non-hydrogen) atoms. The van der Waals surface area contributed by atoms with Gasteiger partial charge in [0.15, 0.2) is 11.5 Å². The van der Waals surface area contributed by atoms with Crippen molar-refractivity contribution in [2.24, 2.45) is 0 Å². The first-order valence-corrected chi connectivity index (χ1v) is 8.89. The quantitative estimate of drug-likeness (QED) is 0.599. The zero-order chi connectivity index (χ0) is 19.2. The average molecular weight is 365 g/mol. The second kappa shape index (κ2) is 8.67. The minimum Gasteiger partial charge on any atom is -0.493 e. The highest BCUT2D eigenvalue weighted by Crippen LogP contribution is 2.31. The van der Waals surface area contributed by atoms with Crippen LogP contribution in [0.25, 0.3) is 0 Å². The molecule has 0 bridgehead atoms. The van der Waals surface area contributed by atoms with E-state index in [1.54, 1.807) is 18.2 Å². The van der Waals surface area contributed by atoms with E-state index in [1.165, 1.54) is 7.11 Å². The van der Waals surface area contributed by atoms with Crippen molar-refractivity contribution in [2.75, 3.05) is 40.3 Å². The van der Waals surface area contributed by atoms with Crippen LogP contribution in [0.1, 0.15) is 17.2 Å². The molecule has 2 aromatic carbocycles. The van der Waals surface area contributed by atoms with Gasteiger partial charge in [-0.3, -0.25) is 4.90 Å². The first kappa shape index (κ1) is 18.9. The summed E-state index contributed by atoms with van der Waals surface area (Å²) in [5.74, 6) is 0.331. The lowest BCUT2D eigenvalue weighted by molar-refractivity contribution is -0.141. The molecule has 0 amide bonds. The van der Waals surface area contributed by atoms with Crippen molar-refractivity contribution in [1.82, 2.24) is 9.80 Å². The number of rotatable bonds is 5. The second-order valence-electron chi connectivity index (χ2n) is 6.55. The molecule has 0 aliphatic carbocycles. The van der Waals surface area contributed by atoms with Gasteiger partial charge < -0.3 is 14.4 Å². The highest BCUT2D eigenvalue weighted by molar-refractivity contribution is 5.80. The molecular weight excluding hydrogens is 342 g/mol. The number of hydrogen-bond acceptors (Lipinski definition) is 6. The third kappa shape index (κ3) is 4.45. The minimum atomic E-state index is -0.486. The minimum absolute atomic E-state index is 0.316. The van der Waals surface area contributed by atoms with Crippen LogP contribution in [-0.4, -0.2) is 56.1 Å². The lowest BCUT2D eigenvalue weighted by Gasteiger charge is -2.36. The van der Waals surface area contributed by atoms with Gasteiger partial charge in [-0.05, 0) is 24.7 Å². The Hall–Kier alpha value is -2.88. The van der Waals surface area contributed by atoms with E-state index in [1.807, 2.05) is 30.3 Å². The van der Waals surface area contributed by atoms with E-state index in [0.29, 0.717) is 17.1 Å². The van der Waals surface area contributed by atoms with E-state index < -0.39 is 6.04 Å². The number of esters is 1. The second-order valence-corrected chi connectivity index (χ2v) is 6.55. The smallest absolute Gasteiger partial charge is 0.333 e. The standard InChI is InChI=1S/C21H23N3O3/c1-23-10-12-24(13-11-23)20(17-6-4-3-5-7-17)21(25)27-18-9-8-16(15-22)14-19(18)26-2/h3-9,14,20H,10-13H2,1-2H3. The lowest BCUT2D eigenvalue weighted by atomic mass is 10.0. The number of benzene rings is 2. The number of nitrogens with zero attached hydrogens (tertiary/aromatic N) is 3. The number of carbonyl (C=O) groups excluding carboxylic acids is 1. The van der Waals surface area contributed by atoms with Gasteiger partial charge in [0.2, 0.25) is 0 Å². The van der Waals surface area contributed by atoms with Gasteiger partial charge >= 0.3 is 5.97 Å². The van der Waals surface area contributed by atoms with Crippen molar-refractivity contribution in [1.29, 1.82) is 5.26 Å². The fraction of sp³-hybridized carbons (Fsp3) is 0.333. The van der Waals surface area contributed by atoms with E-state index in [0.717, 1.165) is 31.7 Å². The molecule has 1 fully saturated rings. The Morgan fingerprint density at radius 3 is 2.41 bits per heavy atom. The van der Waals surface area contributed by atoms with Gasteiger partial charge in [-0.25, -0.2) is 4.79 Å². The lowest BCUT2D eigenvalue weighted by Crippen LogP contribution is -2.48. The van der Waals surface area contributed by atoms with Crippen molar-refractivity contribution < 1.29 is 14.3 Å². The molecule has 0 saturated carbocycles. The maximum absolute atomic E-state index is 13.1. The molecule has 0 spiro atoms. The summed E-state index contributed by atoms with van der Waals surface area (Å²) in [4.78, 5) is 17.5. The largest absolute Gasteiger partial charge is 0.493 e. The van der Waals surface area contributed by atoms with Gasteiger partial charge in [-0.1, -0.05) is 30.3 Å². The van der Waals surface area contributed by atoms with Crippen molar-refractivity contribution >= 4 is 5.97 Å². The van der Waals surface area contributed by atoms with Gasteiger partial charge in [0, 0.05) is 32.2 Å². The number of hydrogen-bond donors (Lipinski definition) is 0. The van der Waals surface area contributed by atoms with Crippen molar-refractivity contribution in [3.8, 4) is 17.6 Å². The Morgan fingerprint density at radius 1 is 1.07 bits per heavy atom. The Labute approximate surface area is 159 Å². The van der Waals surface area contributed by atoms with Gasteiger partial charge in [0.25, 0.3) is 0 Å². The summed E-state index contributed by atoms with van der Waals surface area (Å²) in [5, 5.41) is 9.03. The molecule has 140 valence electrons. The number of likely N-dealkylation sites (N-methyl/N-ethyl adjacent to an activating group) is 1. The molecule has 1 aliphatic heterocycles. The first-order chi connectivity index (χ1) is 13.1. The maximum atomic E-state index is 13.1. The Balaban J connectivity index is 1.86. The SMILES string of the molecule is COc1cc(C#N)ccc1OC(=O)C(c1ccccc1)N1CCN(C)CC1.